The maximum Gasteiger partial charge on any atom is 0.430 e. The highest BCUT2D eigenvalue weighted by atomic mass is 32.2. The molecule has 1 saturated heterocycles. The first-order chi connectivity index (χ1) is 22.9. The lowest BCUT2D eigenvalue weighted by atomic mass is 9.69. The molecule has 1 aliphatic heterocycles. The topological polar surface area (TPSA) is 81.7 Å². The fraction of sp³-hybridized carbons (Fsp3) is 0.424. The summed E-state index contributed by atoms with van der Waals surface area (Å²) < 4.78 is 164. The third-order valence-corrected chi connectivity index (χ3v) is 11.7. The van der Waals surface area contributed by atoms with E-state index in [0.29, 0.717) is 56.9 Å². The van der Waals surface area contributed by atoms with Gasteiger partial charge in [0.25, 0.3) is 5.60 Å². The molecule has 2 aliphatic rings. The highest BCUT2D eigenvalue weighted by Crippen LogP contribution is 2.56. The molecule has 1 aliphatic carbocycles. The van der Waals surface area contributed by atoms with E-state index in [4.69, 9.17) is 4.74 Å². The quantitative estimate of drug-likeness (QED) is 0.176. The molecule has 2 fully saturated rings. The molecule has 1 amide bonds. The van der Waals surface area contributed by atoms with E-state index in [-0.39, 0.29) is 29.2 Å². The zero-order valence-electron chi connectivity index (χ0n) is 25.5. The molecule has 266 valence electrons. The molecule has 1 heterocycles. The van der Waals surface area contributed by atoms with Crippen molar-refractivity contribution in [1.82, 2.24) is 5.32 Å². The lowest BCUT2D eigenvalue weighted by Gasteiger charge is -2.46. The monoisotopic (exact) mass is 723 g/mol. The molecule has 0 bridgehead atoms. The summed E-state index contributed by atoms with van der Waals surface area (Å²) >= 11 is 0. The SMILES string of the molecule is O=C(NCC1CCOCC1)[C@H]1C[C@@](c2ccc(C(OCc3c(F)cccc3F)(C(F)(F)F)C(F)(F)F)cc2)(S(=O)(=O)c2ccc(F)cc2)C1. The minimum Gasteiger partial charge on any atom is -0.381 e. The van der Waals surface area contributed by atoms with Crippen LogP contribution in [0.4, 0.5) is 39.5 Å². The zero-order chi connectivity index (χ0) is 35.8. The Labute approximate surface area is 275 Å². The van der Waals surface area contributed by atoms with E-state index in [9.17, 15) is 52.7 Å². The second-order valence-corrected chi connectivity index (χ2v) is 14.4. The number of sulfone groups is 1. The summed E-state index contributed by atoms with van der Waals surface area (Å²) in [5, 5.41) is 2.78. The number of carbonyl (C=O) groups is 1. The minimum absolute atomic E-state index is 0.137. The Morgan fingerprint density at radius 1 is 0.837 bits per heavy atom. The Bertz CT molecular complexity index is 1710. The standard InChI is InChI=1S/C33H30F9NO5S/c34-24-8-10-25(11-9-24)49(45,46)30(16-21(17-30)29(44)43-18-20-12-14-47-15-13-20)22-4-6-23(7-5-22)31(32(37,38)39,33(40,41)42)48-19-26-27(35)2-1-3-28(26)36/h1-11,20-21H,12-19H2,(H,43,44)/t21-,30+. The number of hydrogen-bond acceptors (Lipinski definition) is 5. The molecule has 0 radical (unpaired) electrons. The van der Waals surface area contributed by atoms with Crippen molar-refractivity contribution in [3.05, 3.63) is 101 Å². The Morgan fingerprint density at radius 2 is 1.39 bits per heavy atom. The van der Waals surface area contributed by atoms with Crippen LogP contribution in [-0.2, 0) is 41.1 Å². The average molecular weight is 724 g/mol. The third kappa shape index (κ3) is 6.78. The smallest absolute Gasteiger partial charge is 0.381 e. The lowest BCUT2D eigenvalue weighted by Crippen LogP contribution is -2.56. The van der Waals surface area contributed by atoms with Gasteiger partial charge in [0, 0.05) is 36.8 Å². The summed E-state index contributed by atoms with van der Waals surface area (Å²) in [6, 6.07) is 8.09. The molecular weight excluding hydrogens is 693 g/mol. The Hall–Kier alpha value is -3.63. The van der Waals surface area contributed by atoms with Crippen molar-refractivity contribution in [2.75, 3.05) is 19.8 Å². The number of alkyl halides is 6. The van der Waals surface area contributed by atoms with Crippen LogP contribution in [0.25, 0.3) is 0 Å². The zero-order valence-corrected chi connectivity index (χ0v) is 26.3. The van der Waals surface area contributed by atoms with Crippen molar-refractivity contribution in [2.45, 2.75) is 59.9 Å². The lowest BCUT2D eigenvalue weighted by molar-refractivity contribution is -0.392. The number of halogens is 9. The third-order valence-electron chi connectivity index (χ3n) is 9.18. The van der Waals surface area contributed by atoms with Crippen molar-refractivity contribution in [1.29, 1.82) is 0 Å². The van der Waals surface area contributed by atoms with Crippen molar-refractivity contribution < 1.29 is 62.2 Å². The van der Waals surface area contributed by atoms with Gasteiger partial charge in [0.1, 0.15) is 22.2 Å². The van der Waals surface area contributed by atoms with E-state index in [2.05, 4.69) is 10.1 Å². The van der Waals surface area contributed by atoms with E-state index < -0.39 is 79.5 Å². The van der Waals surface area contributed by atoms with E-state index in [1.165, 1.54) is 0 Å². The number of ether oxygens (including phenoxy) is 2. The minimum atomic E-state index is -6.21. The largest absolute Gasteiger partial charge is 0.430 e. The molecule has 0 aromatic heterocycles. The Kier molecular flexibility index (Phi) is 10.2. The number of rotatable bonds is 10. The van der Waals surface area contributed by atoms with Crippen LogP contribution >= 0.6 is 0 Å². The number of benzene rings is 3. The van der Waals surface area contributed by atoms with Gasteiger partial charge in [0.15, 0.2) is 9.84 Å². The van der Waals surface area contributed by atoms with Crippen LogP contribution in [0.5, 0.6) is 0 Å². The van der Waals surface area contributed by atoms with Gasteiger partial charge >= 0.3 is 12.4 Å². The summed E-state index contributed by atoms with van der Waals surface area (Å²) in [6.07, 6.45) is -11.8. The van der Waals surface area contributed by atoms with Crippen LogP contribution in [0.15, 0.2) is 71.6 Å². The summed E-state index contributed by atoms with van der Waals surface area (Å²) in [7, 11) is -4.52. The maximum absolute atomic E-state index is 14.5. The fourth-order valence-electron chi connectivity index (χ4n) is 6.31. The van der Waals surface area contributed by atoms with Gasteiger partial charge in [-0.25, -0.2) is 21.6 Å². The van der Waals surface area contributed by atoms with Crippen molar-refractivity contribution in [3.8, 4) is 0 Å². The predicted octanol–water partition coefficient (Wildman–Crippen LogP) is 7.26. The summed E-state index contributed by atoms with van der Waals surface area (Å²) in [5.41, 5.74) is -8.01. The van der Waals surface area contributed by atoms with E-state index >= 15 is 0 Å². The van der Waals surface area contributed by atoms with Gasteiger partial charge in [-0.1, -0.05) is 30.3 Å². The number of hydrogen-bond donors (Lipinski definition) is 1. The first-order valence-corrected chi connectivity index (χ1v) is 16.6. The van der Waals surface area contributed by atoms with E-state index in [0.717, 1.165) is 42.5 Å². The first-order valence-electron chi connectivity index (χ1n) is 15.1. The molecule has 1 saturated carbocycles. The fourth-order valence-corrected chi connectivity index (χ4v) is 8.54. The van der Waals surface area contributed by atoms with Gasteiger partial charge in [-0.2, -0.15) is 26.3 Å². The van der Waals surface area contributed by atoms with Crippen LogP contribution in [0, 0.1) is 29.3 Å². The van der Waals surface area contributed by atoms with Crippen LogP contribution in [0.2, 0.25) is 0 Å². The molecular formula is C33H30F9NO5S. The molecule has 16 heteroatoms. The van der Waals surface area contributed by atoms with Gasteiger partial charge in [0.05, 0.1) is 11.5 Å². The van der Waals surface area contributed by atoms with Crippen LogP contribution < -0.4 is 5.32 Å². The van der Waals surface area contributed by atoms with Crippen LogP contribution in [0.1, 0.15) is 42.4 Å². The summed E-state index contributed by atoms with van der Waals surface area (Å²) in [5.74, 6) is -4.84. The average Bonchev–Trinajstić information content (AvgIpc) is 3.01. The van der Waals surface area contributed by atoms with Crippen LogP contribution in [-0.4, -0.2) is 46.4 Å². The second kappa shape index (κ2) is 13.6. The highest BCUT2D eigenvalue weighted by molar-refractivity contribution is 7.92. The van der Waals surface area contributed by atoms with Gasteiger partial charge in [-0.05, 0) is 73.6 Å². The van der Waals surface area contributed by atoms with Crippen LogP contribution in [0.3, 0.4) is 0 Å². The van der Waals surface area contributed by atoms with Crippen molar-refractivity contribution in [2.24, 2.45) is 11.8 Å². The molecule has 3 aromatic carbocycles. The van der Waals surface area contributed by atoms with E-state index in [1.807, 2.05) is 0 Å². The van der Waals surface area contributed by atoms with Gasteiger partial charge in [-0.3, -0.25) is 4.79 Å². The molecule has 1 N–H and O–H groups in total. The molecule has 5 rings (SSSR count). The van der Waals surface area contributed by atoms with Gasteiger partial charge < -0.3 is 14.8 Å². The van der Waals surface area contributed by atoms with Crippen molar-refractivity contribution in [3.63, 3.8) is 0 Å². The first kappa shape index (κ1) is 36.6. The number of carbonyl (C=O) groups excluding carboxylic acids is 1. The normalized spacial score (nSPS) is 20.9. The predicted molar refractivity (Wildman–Crippen MR) is 156 cm³/mol. The number of nitrogens with one attached hydrogen (secondary N) is 1. The molecule has 3 aromatic rings. The molecule has 6 nitrogen and oxygen atoms in total. The molecule has 0 spiro atoms. The highest BCUT2D eigenvalue weighted by Gasteiger charge is 2.73. The molecule has 0 unspecified atom stereocenters. The number of amides is 1. The summed E-state index contributed by atoms with van der Waals surface area (Å²) in [6.45, 7) is -0.409. The van der Waals surface area contributed by atoms with Gasteiger partial charge in [0.2, 0.25) is 5.91 Å². The maximum atomic E-state index is 14.5. The summed E-state index contributed by atoms with van der Waals surface area (Å²) in [4.78, 5) is 12.7. The second-order valence-electron chi connectivity index (χ2n) is 12.1. The Morgan fingerprint density at radius 3 is 1.92 bits per heavy atom. The Balaban J connectivity index is 1.51. The molecule has 49 heavy (non-hydrogen) atoms. The van der Waals surface area contributed by atoms with E-state index in [1.54, 1.807) is 0 Å². The van der Waals surface area contributed by atoms with Crippen molar-refractivity contribution >= 4 is 15.7 Å². The molecule has 0 atom stereocenters. The van der Waals surface area contributed by atoms with Gasteiger partial charge in [-0.15, -0.1) is 0 Å².